The van der Waals surface area contributed by atoms with E-state index in [-0.39, 0.29) is 17.9 Å². The second kappa shape index (κ2) is 3.69. The summed E-state index contributed by atoms with van der Waals surface area (Å²) in [6.07, 6.45) is 1.05. The lowest BCUT2D eigenvalue weighted by Crippen LogP contribution is -2.41. The zero-order valence-corrected chi connectivity index (χ0v) is 8.91. The molecule has 1 rings (SSSR count). The predicted octanol–water partition coefficient (Wildman–Crippen LogP) is 0.685. The highest BCUT2D eigenvalue weighted by atomic mass is 16.3. The number of nitrogens with zero attached hydrogens (tertiary/aromatic N) is 1. The normalized spacial score (nSPS) is 20.4. The third kappa shape index (κ3) is 2.54. The molecule has 1 aliphatic heterocycles. The number of carbonyl (C=O) groups excluding carboxylic acids is 2. The fourth-order valence-corrected chi connectivity index (χ4v) is 1.90. The summed E-state index contributed by atoms with van der Waals surface area (Å²) in [7, 11) is 0. The minimum Gasteiger partial charge on any atom is -0.390 e. The Balaban J connectivity index is 2.64. The Morgan fingerprint density at radius 1 is 1.36 bits per heavy atom. The van der Waals surface area contributed by atoms with E-state index in [0.29, 0.717) is 19.3 Å². The number of hydrogen-bond acceptors (Lipinski definition) is 3. The van der Waals surface area contributed by atoms with Crippen LogP contribution in [0.25, 0.3) is 0 Å². The van der Waals surface area contributed by atoms with Gasteiger partial charge in [-0.2, -0.15) is 0 Å². The first-order valence-electron chi connectivity index (χ1n) is 4.88. The molecule has 0 aromatic heterocycles. The molecule has 1 fully saturated rings. The molecule has 1 N–H and O–H groups in total. The van der Waals surface area contributed by atoms with E-state index in [0.717, 1.165) is 0 Å². The molecule has 80 valence electrons. The molecular weight excluding hydrogens is 182 g/mol. The largest absolute Gasteiger partial charge is 0.390 e. The van der Waals surface area contributed by atoms with Crippen molar-refractivity contribution in [2.45, 2.75) is 51.7 Å². The Bertz CT molecular complexity index is 239. The molecule has 0 aliphatic carbocycles. The van der Waals surface area contributed by atoms with Gasteiger partial charge in [-0.05, 0) is 27.2 Å². The Kier molecular flexibility index (Phi) is 2.95. The Labute approximate surface area is 83.9 Å². The highest BCUT2D eigenvalue weighted by Gasteiger charge is 2.34. The molecule has 1 atom stereocenters. The van der Waals surface area contributed by atoms with Crippen LogP contribution in [0.1, 0.15) is 40.0 Å². The van der Waals surface area contributed by atoms with E-state index in [1.807, 2.05) is 0 Å². The van der Waals surface area contributed by atoms with Crippen LogP contribution in [0.5, 0.6) is 0 Å². The van der Waals surface area contributed by atoms with Crippen LogP contribution in [-0.4, -0.2) is 33.5 Å². The van der Waals surface area contributed by atoms with Gasteiger partial charge in [-0.25, -0.2) is 0 Å². The monoisotopic (exact) mass is 199 g/mol. The van der Waals surface area contributed by atoms with Crippen LogP contribution >= 0.6 is 0 Å². The fraction of sp³-hybridized carbons (Fsp3) is 0.800. The topological polar surface area (TPSA) is 57.6 Å². The van der Waals surface area contributed by atoms with Crippen LogP contribution in [0, 0.1) is 0 Å². The van der Waals surface area contributed by atoms with Crippen LogP contribution in [0.3, 0.4) is 0 Å². The van der Waals surface area contributed by atoms with E-state index >= 15 is 0 Å². The van der Waals surface area contributed by atoms with Gasteiger partial charge >= 0.3 is 0 Å². The van der Waals surface area contributed by atoms with Crippen LogP contribution in [0.2, 0.25) is 0 Å². The molecule has 1 heterocycles. The minimum atomic E-state index is -0.845. The highest BCUT2D eigenvalue weighted by Crippen LogP contribution is 2.21. The zero-order chi connectivity index (χ0) is 10.9. The van der Waals surface area contributed by atoms with E-state index < -0.39 is 5.60 Å². The summed E-state index contributed by atoms with van der Waals surface area (Å²) in [6, 6.07) is -0.211. The molecule has 2 amide bonds. The molecule has 0 bridgehead atoms. The number of amides is 2. The maximum absolute atomic E-state index is 11.3. The lowest BCUT2D eigenvalue weighted by Gasteiger charge is -2.28. The van der Waals surface area contributed by atoms with Crippen molar-refractivity contribution in [1.29, 1.82) is 0 Å². The van der Waals surface area contributed by atoms with Crippen molar-refractivity contribution in [1.82, 2.24) is 4.90 Å². The number of aliphatic hydroxyl groups is 1. The summed E-state index contributed by atoms with van der Waals surface area (Å²) in [6.45, 7) is 5.14. The number of likely N-dealkylation sites (tertiary alicyclic amines) is 1. The average molecular weight is 199 g/mol. The van der Waals surface area contributed by atoms with E-state index in [9.17, 15) is 14.7 Å². The summed E-state index contributed by atoms with van der Waals surface area (Å²) < 4.78 is 0. The molecule has 4 nitrogen and oxygen atoms in total. The first-order valence-corrected chi connectivity index (χ1v) is 4.88. The maximum Gasteiger partial charge on any atom is 0.229 e. The average Bonchev–Trinajstić information content (AvgIpc) is 2.27. The first-order chi connectivity index (χ1) is 6.31. The second-order valence-electron chi connectivity index (χ2n) is 4.52. The van der Waals surface area contributed by atoms with Crippen molar-refractivity contribution < 1.29 is 14.7 Å². The van der Waals surface area contributed by atoms with Gasteiger partial charge in [-0.1, -0.05) is 0 Å². The Morgan fingerprint density at radius 3 is 2.14 bits per heavy atom. The molecule has 0 aromatic carbocycles. The standard InChI is InChI=1S/C10H17NO3/c1-7(6-10(2,3)14)11-8(12)4-5-9(11)13/h7,14H,4-6H2,1-3H3. The van der Waals surface area contributed by atoms with Gasteiger partial charge in [0.1, 0.15) is 0 Å². The second-order valence-corrected chi connectivity index (χ2v) is 4.52. The van der Waals surface area contributed by atoms with Crippen LogP contribution in [-0.2, 0) is 9.59 Å². The summed E-state index contributed by atoms with van der Waals surface area (Å²) in [5.41, 5.74) is -0.845. The van der Waals surface area contributed by atoms with Gasteiger partial charge in [0.15, 0.2) is 0 Å². The number of rotatable bonds is 3. The van der Waals surface area contributed by atoms with Gasteiger partial charge in [0, 0.05) is 18.9 Å². The third-order valence-corrected chi connectivity index (χ3v) is 2.33. The first kappa shape index (κ1) is 11.2. The molecule has 0 radical (unpaired) electrons. The lowest BCUT2D eigenvalue weighted by atomic mass is 9.99. The van der Waals surface area contributed by atoms with E-state index in [1.165, 1.54) is 4.90 Å². The van der Waals surface area contributed by atoms with Crippen molar-refractivity contribution in [3.05, 3.63) is 0 Å². The molecular formula is C10H17NO3. The smallest absolute Gasteiger partial charge is 0.229 e. The summed E-state index contributed by atoms with van der Waals surface area (Å²) in [4.78, 5) is 23.9. The summed E-state index contributed by atoms with van der Waals surface area (Å²) >= 11 is 0. The van der Waals surface area contributed by atoms with Crippen LogP contribution < -0.4 is 0 Å². The zero-order valence-electron chi connectivity index (χ0n) is 8.91. The van der Waals surface area contributed by atoms with Crippen molar-refractivity contribution in [2.75, 3.05) is 0 Å². The molecule has 1 saturated heterocycles. The van der Waals surface area contributed by atoms with Crippen molar-refractivity contribution in [3.63, 3.8) is 0 Å². The Hall–Kier alpha value is -0.900. The Morgan fingerprint density at radius 2 is 1.79 bits per heavy atom. The SMILES string of the molecule is CC(CC(C)(C)O)N1C(=O)CCC1=O. The van der Waals surface area contributed by atoms with Crippen molar-refractivity contribution in [3.8, 4) is 0 Å². The highest BCUT2D eigenvalue weighted by molar-refractivity contribution is 6.02. The quantitative estimate of drug-likeness (QED) is 0.680. The number of carbonyl (C=O) groups is 2. The molecule has 1 unspecified atom stereocenters. The van der Waals surface area contributed by atoms with E-state index in [2.05, 4.69) is 0 Å². The molecule has 0 saturated carbocycles. The number of imide groups is 1. The van der Waals surface area contributed by atoms with Gasteiger partial charge in [-0.3, -0.25) is 14.5 Å². The lowest BCUT2D eigenvalue weighted by molar-refractivity contribution is -0.141. The van der Waals surface area contributed by atoms with Gasteiger partial charge < -0.3 is 5.11 Å². The summed E-state index contributed by atoms with van der Waals surface area (Å²) in [5.74, 6) is -0.237. The number of hydrogen-bond donors (Lipinski definition) is 1. The van der Waals surface area contributed by atoms with Crippen molar-refractivity contribution in [2.24, 2.45) is 0 Å². The van der Waals surface area contributed by atoms with Crippen LogP contribution in [0.4, 0.5) is 0 Å². The molecule has 0 aromatic rings. The minimum absolute atomic E-state index is 0.119. The maximum atomic E-state index is 11.3. The molecule has 1 aliphatic rings. The van der Waals surface area contributed by atoms with Gasteiger partial charge in [0.2, 0.25) is 11.8 Å². The van der Waals surface area contributed by atoms with Gasteiger partial charge in [-0.15, -0.1) is 0 Å². The van der Waals surface area contributed by atoms with Gasteiger partial charge in [0.25, 0.3) is 0 Å². The third-order valence-electron chi connectivity index (χ3n) is 2.33. The molecule has 4 heteroatoms. The fourth-order valence-electron chi connectivity index (χ4n) is 1.90. The van der Waals surface area contributed by atoms with Crippen LogP contribution in [0.15, 0.2) is 0 Å². The van der Waals surface area contributed by atoms with Crippen molar-refractivity contribution >= 4 is 11.8 Å². The summed E-state index contributed by atoms with van der Waals surface area (Å²) in [5, 5.41) is 9.57. The van der Waals surface area contributed by atoms with E-state index in [1.54, 1.807) is 20.8 Å². The van der Waals surface area contributed by atoms with Gasteiger partial charge in [0.05, 0.1) is 5.60 Å². The van der Waals surface area contributed by atoms with E-state index in [4.69, 9.17) is 0 Å². The molecule has 0 spiro atoms. The predicted molar refractivity (Wildman–Crippen MR) is 51.5 cm³/mol. The molecule has 14 heavy (non-hydrogen) atoms.